The van der Waals surface area contributed by atoms with Gasteiger partial charge in [-0.3, -0.25) is 0 Å². The van der Waals surface area contributed by atoms with Gasteiger partial charge in [0.1, 0.15) is 46.6 Å². The SMILES string of the molecule is COC(=O)c1ccc(F)cc1O.COC(=O)c1ccc(F)cc1OCc1ccc(OC)cc1. The lowest BCUT2D eigenvalue weighted by Gasteiger charge is -2.11. The predicted molar refractivity (Wildman–Crippen MR) is 114 cm³/mol. The minimum absolute atomic E-state index is 0.0427. The third kappa shape index (κ3) is 7.20. The minimum Gasteiger partial charge on any atom is -0.507 e. The van der Waals surface area contributed by atoms with E-state index < -0.39 is 29.3 Å². The molecule has 7 nitrogen and oxygen atoms in total. The lowest BCUT2D eigenvalue weighted by Crippen LogP contribution is -2.06. The summed E-state index contributed by atoms with van der Waals surface area (Å²) in [5.74, 6) is -1.86. The van der Waals surface area contributed by atoms with E-state index in [0.717, 1.165) is 35.6 Å². The van der Waals surface area contributed by atoms with Crippen LogP contribution in [0.15, 0.2) is 60.7 Å². The first-order chi connectivity index (χ1) is 15.8. The highest BCUT2D eigenvalue weighted by molar-refractivity contribution is 5.92. The Kier molecular flexibility index (Phi) is 9.17. The highest BCUT2D eigenvalue weighted by Crippen LogP contribution is 2.23. The van der Waals surface area contributed by atoms with E-state index in [4.69, 9.17) is 14.6 Å². The maximum absolute atomic E-state index is 13.3. The quantitative estimate of drug-likeness (QED) is 0.541. The third-order valence-corrected chi connectivity index (χ3v) is 4.27. The molecule has 1 N–H and O–H groups in total. The molecule has 3 rings (SSSR count). The molecule has 0 heterocycles. The second-order valence-corrected chi connectivity index (χ2v) is 6.42. The first-order valence-electron chi connectivity index (χ1n) is 9.49. The Labute approximate surface area is 189 Å². The molecule has 0 amide bonds. The minimum atomic E-state index is -0.688. The van der Waals surface area contributed by atoms with E-state index in [2.05, 4.69) is 9.47 Å². The van der Waals surface area contributed by atoms with Crippen molar-refractivity contribution < 1.29 is 42.4 Å². The number of hydrogen-bond acceptors (Lipinski definition) is 7. The maximum atomic E-state index is 13.3. The monoisotopic (exact) mass is 460 g/mol. The normalized spacial score (nSPS) is 9.85. The van der Waals surface area contributed by atoms with Gasteiger partial charge in [0.2, 0.25) is 0 Å². The molecule has 0 aliphatic carbocycles. The molecule has 9 heteroatoms. The largest absolute Gasteiger partial charge is 0.507 e. The van der Waals surface area contributed by atoms with Crippen LogP contribution in [0.25, 0.3) is 0 Å². The lowest BCUT2D eigenvalue weighted by molar-refractivity contribution is 0.0587. The average molecular weight is 460 g/mol. The average Bonchev–Trinajstić information content (AvgIpc) is 2.82. The van der Waals surface area contributed by atoms with Gasteiger partial charge in [-0.2, -0.15) is 0 Å². The third-order valence-electron chi connectivity index (χ3n) is 4.27. The number of ether oxygens (including phenoxy) is 4. The van der Waals surface area contributed by atoms with Crippen molar-refractivity contribution in [2.45, 2.75) is 6.61 Å². The summed E-state index contributed by atoms with van der Waals surface area (Å²) in [4.78, 5) is 22.4. The van der Waals surface area contributed by atoms with E-state index >= 15 is 0 Å². The van der Waals surface area contributed by atoms with Crippen LogP contribution in [0, 0.1) is 11.6 Å². The summed E-state index contributed by atoms with van der Waals surface area (Å²) >= 11 is 0. The smallest absolute Gasteiger partial charge is 0.341 e. The van der Waals surface area contributed by atoms with Gasteiger partial charge in [-0.15, -0.1) is 0 Å². The molecule has 0 aromatic heterocycles. The van der Waals surface area contributed by atoms with Crippen LogP contribution in [-0.2, 0) is 16.1 Å². The highest BCUT2D eigenvalue weighted by atomic mass is 19.1. The first-order valence-corrected chi connectivity index (χ1v) is 9.49. The molecule has 0 aliphatic rings. The number of rotatable bonds is 6. The van der Waals surface area contributed by atoms with E-state index in [1.165, 1.54) is 26.4 Å². The number of aromatic hydroxyl groups is 1. The Morgan fingerprint density at radius 3 is 1.88 bits per heavy atom. The highest BCUT2D eigenvalue weighted by Gasteiger charge is 2.14. The molecule has 0 bridgehead atoms. The molecular formula is C24H22F2O7. The number of benzene rings is 3. The van der Waals surface area contributed by atoms with E-state index in [1.54, 1.807) is 19.2 Å². The molecule has 33 heavy (non-hydrogen) atoms. The number of halogens is 2. The fourth-order valence-electron chi connectivity index (χ4n) is 2.56. The standard InChI is InChI=1S/C16H15FO4.C8H7FO3/c1-19-13-6-3-11(4-7-13)10-21-15-9-12(17)5-8-14(15)16(18)20-2;1-12-8(11)6-3-2-5(9)4-7(6)10/h3-9H,10H2,1-2H3;2-4,10H,1H3. The molecule has 0 spiro atoms. The molecule has 3 aromatic rings. The fourth-order valence-corrected chi connectivity index (χ4v) is 2.56. The summed E-state index contributed by atoms with van der Waals surface area (Å²) < 4.78 is 45.2. The van der Waals surface area contributed by atoms with Gasteiger partial charge in [0.25, 0.3) is 0 Å². The second kappa shape index (κ2) is 12.0. The molecule has 0 fully saturated rings. The fraction of sp³-hybridized carbons (Fsp3) is 0.167. The van der Waals surface area contributed by atoms with Gasteiger partial charge in [-0.25, -0.2) is 18.4 Å². The molecule has 3 aromatic carbocycles. The number of phenols is 1. The number of methoxy groups -OCH3 is 3. The summed E-state index contributed by atoms with van der Waals surface area (Å²) in [6.07, 6.45) is 0. The topological polar surface area (TPSA) is 91.3 Å². The Hall–Kier alpha value is -4.14. The van der Waals surface area contributed by atoms with E-state index in [9.17, 15) is 18.4 Å². The number of hydrogen-bond donors (Lipinski definition) is 1. The van der Waals surface area contributed by atoms with Crippen LogP contribution in [0.2, 0.25) is 0 Å². The van der Waals surface area contributed by atoms with Crippen LogP contribution in [-0.4, -0.2) is 38.4 Å². The van der Waals surface area contributed by atoms with Gasteiger partial charge in [-0.05, 0) is 42.0 Å². The summed E-state index contributed by atoms with van der Waals surface area (Å²) in [7, 11) is 4.03. The Morgan fingerprint density at radius 2 is 1.33 bits per heavy atom. The van der Waals surface area contributed by atoms with Gasteiger partial charge < -0.3 is 24.1 Å². The van der Waals surface area contributed by atoms with Gasteiger partial charge in [0.05, 0.1) is 21.3 Å². The van der Waals surface area contributed by atoms with E-state index in [0.29, 0.717) is 0 Å². The van der Waals surface area contributed by atoms with Crippen molar-refractivity contribution in [3.63, 3.8) is 0 Å². The van der Waals surface area contributed by atoms with Gasteiger partial charge in [0.15, 0.2) is 0 Å². The molecule has 0 aliphatic heterocycles. The lowest BCUT2D eigenvalue weighted by atomic mass is 10.2. The number of carbonyl (C=O) groups excluding carboxylic acids is 2. The van der Waals surface area contributed by atoms with Gasteiger partial charge in [0, 0.05) is 12.1 Å². The van der Waals surface area contributed by atoms with Crippen molar-refractivity contribution in [2.75, 3.05) is 21.3 Å². The van der Waals surface area contributed by atoms with Gasteiger partial charge >= 0.3 is 11.9 Å². The Bertz CT molecular complexity index is 1100. The molecule has 0 saturated heterocycles. The summed E-state index contributed by atoms with van der Waals surface area (Å²) in [5, 5.41) is 9.05. The molecule has 0 saturated carbocycles. The second-order valence-electron chi connectivity index (χ2n) is 6.42. The van der Waals surface area contributed by atoms with Crippen molar-refractivity contribution in [2.24, 2.45) is 0 Å². The summed E-state index contributed by atoms with van der Waals surface area (Å²) in [6.45, 7) is 0.206. The molecule has 0 radical (unpaired) electrons. The number of esters is 2. The maximum Gasteiger partial charge on any atom is 0.341 e. The van der Waals surface area contributed by atoms with Crippen LogP contribution in [0.4, 0.5) is 8.78 Å². The summed E-state index contributed by atoms with van der Waals surface area (Å²) in [5.41, 5.74) is 1.02. The van der Waals surface area contributed by atoms with E-state index in [-0.39, 0.29) is 23.5 Å². The van der Waals surface area contributed by atoms with Crippen molar-refractivity contribution in [1.29, 1.82) is 0 Å². The van der Waals surface area contributed by atoms with Crippen molar-refractivity contribution in [3.05, 3.63) is 89.0 Å². The molecule has 174 valence electrons. The number of phenolic OH excluding ortho intramolecular Hbond substituents is 1. The van der Waals surface area contributed by atoms with E-state index in [1.807, 2.05) is 12.1 Å². The Balaban J connectivity index is 0.000000273. The van der Waals surface area contributed by atoms with Crippen molar-refractivity contribution in [3.8, 4) is 17.2 Å². The van der Waals surface area contributed by atoms with Crippen molar-refractivity contribution in [1.82, 2.24) is 0 Å². The number of carbonyl (C=O) groups is 2. The van der Waals surface area contributed by atoms with Crippen LogP contribution < -0.4 is 9.47 Å². The molecule has 0 atom stereocenters. The molecular weight excluding hydrogens is 438 g/mol. The zero-order valence-corrected chi connectivity index (χ0v) is 18.1. The van der Waals surface area contributed by atoms with Crippen LogP contribution in [0.5, 0.6) is 17.2 Å². The van der Waals surface area contributed by atoms with Crippen LogP contribution in [0.1, 0.15) is 26.3 Å². The zero-order valence-electron chi connectivity index (χ0n) is 18.1. The van der Waals surface area contributed by atoms with Crippen LogP contribution in [0.3, 0.4) is 0 Å². The zero-order chi connectivity index (χ0) is 24.4. The van der Waals surface area contributed by atoms with Crippen LogP contribution >= 0.6 is 0 Å². The molecule has 0 unspecified atom stereocenters. The first kappa shape index (κ1) is 25.1. The predicted octanol–water partition coefficient (Wildman–Crippen LogP) is 4.52. The Morgan fingerprint density at radius 1 is 0.788 bits per heavy atom. The summed E-state index contributed by atoms with van der Waals surface area (Å²) in [6, 6.07) is 14.0. The van der Waals surface area contributed by atoms with Gasteiger partial charge in [-0.1, -0.05) is 12.1 Å². The van der Waals surface area contributed by atoms with Crippen molar-refractivity contribution >= 4 is 11.9 Å².